The van der Waals surface area contributed by atoms with Gasteiger partial charge in [-0.05, 0) is 6.92 Å². The van der Waals surface area contributed by atoms with Crippen LogP contribution in [0.25, 0.3) is 0 Å². The van der Waals surface area contributed by atoms with Crippen LogP contribution in [0.4, 0.5) is 0 Å². The minimum atomic E-state index is -1.12. The Labute approximate surface area is 87.7 Å². The van der Waals surface area contributed by atoms with Crippen molar-refractivity contribution in [1.82, 2.24) is 0 Å². The Morgan fingerprint density at radius 2 is 1.77 bits per heavy atom. The summed E-state index contributed by atoms with van der Waals surface area (Å²) < 4.78 is 5.17. The van der Waals surface area contributed by atoms with E-state index >= 15 is 0 Å². The van der Waals surface area contributed by atoms with E-state index in [2.05, 4.69) is 25.3 Å². The highest BCUT2D eigenvalue weighted by molar-refractivity contribution is 7.85. The molecule has 3 N–H and O–H groups in total. The third-order valence-corrected chi connectivity index (χ3v) is 3.35. The molecule has 0 radical (unpaired) electrons. The lowest BCUT2D eigenvalue weighted by molar-refractivity contribution is -0.171. The third-order valence-electron chi connectivity index (χ3n) is 2.10. The summed E-state index contributed by atoms with van der Waals surface area (Å²) in [4.78, 5) is 0. The second-order valence-electron chi connectivity index (χ2n) is 3.20. The van der Waals surface area contributed by atoms with Crippen molar-refractivity contribution in [3.63, 3.8) is 0 Å². The Bertz CT molecular complexity index is 178. The van der Waals surface area contributed by atoms with E-state index in [0.29, 0.717) is 0 Å². The summed E-state index contributed by atoms with van der Waals surface area (Å²) in [5, 5.41) is 27.6. The summed E-state index contributed by atoms with van der Waals surface area (Å²) in [6.45, 7) is 1.49. The van der Waals surface area contributed by atoms with E-state index in [0.717, 1.165) is 0 Å². The van der Waals surface area contributed by atoms with Crippen LogP contribution in [0.1, 0.15) is 6.92 Å². The maximum atomic E-state index is 9.48. The van der Waals surface area contributed by atoms with Gasteiger partial charge >= 0.3 is 0 Å². The highest BCUT2D eigenvalue weighted by atomic mass is 32.1. The summed E-state index contributed by atoms with van der Waals surface area (Å²) in [5.41, 5.74) is -0.582. The van der Waals surface area contributed by atoms with E-state index in [4.69, 9.17) is 4.74 Å². The molecule has 0 aliphatic carbocycles. The Morgan fingerprint density at radius 1 is 1.23 bits per heavy atom. The zero-order chi connectivity index (χ0) is 10.2. The van der Waals surface area contributed by atoms with Crippen LogP contribution >= 0.6 is 25.3 Å². The van der Waals surface area contributed by atoms with Gasteiger partial charge in [-0.25, -0.2) is 0 Å². The SMILES string of the molecule is CC(O)[C@H]1OC(S)[C@H](S)[C@@H](O)[C@H]1O. The Kier molecular flexibility index (Phi) is 3.91. The molecule has 1 aliphatic heterocycles. The van der Waals surface area contributed by atoms with Crippen molar-refractivity contribution < 1.29 is 20.1 Å². The van der Waals surface area contributed by atoms with Crippen molar-refractivity contribution in [3.05, 3.63) is 0 Å². The van der Waals surface area contributed by atoms with Crippen LogP contribution in [0, 0.1) is 0 Å². The molecule has 1 rings (SSSR count). The lowest BCUT2D eigenvalue weighted by Gasteiger charge is -2.40. The highest BCUT2D eigenvalue weighted by Crippen LogP contribution is 2.28. The van der Waals surface area contributed by atoms with Gasteiger partial charge in [0.25, 0.3) is 0 Å². The molecule has 0 bridgehead atoms. The summed E-state index contributed by atoms with van der Waals surface area (Å²) in [7, 11) is 0. The smallest absolute Gasteiger partial charge is 0.115 e. The summed E-state index contributed by atoms with van der Waals surface area (Å²) in [5.74, 6) is 0. The number of aliphatic hydroxyl groups excluding tert-OH is 3. The average molecular weight is 226 g/mol. The van der Waals surface area contributed by atoms with Crippen molar-refractivity contribution >= 4 is 25.3 Å². The lowest BCUT2D eigenvalue weighted by Crippen LogP contribution is -2.57. The van der Waals surface area contributed by atoms with Gasteiger partial charge in [0.05, 0.1) is 17.5 Å². The molecular weight excluding hydrogens is 212 g/mol. The molecule has 0 aromatic carbocycles. The maximum absolute atomic E-state index is 9.48. The third kappa shape index (κ3) is 2.31. The van der Waals surface area contributed by atoms with Crippen LogP contribution in [0.5, 0.6) is 0 Å². The summed E-state index contributed by atoms with van der Waals surface area (Å²) in [6, 6.07) is 0. The first-order valence-corrected chi connectivity index (χ1v) is 5.04. The molecule has 6 heteroatoms. The first-order valence-electron chi connectivity index (χ1n) is 4.01. The predicted molar refractivity (Wildman–Crippen MR) is 54.1 cm³/mol. The van der Waals surface area contributed by atoms with Gasteiger partial charge in [0, 0.05) is 0 Å². The fraction of sp³-hybridized carbons (Fsp3) is 1.00. The standard InChI is InChI=1S/C7H14O4S2/c1-2(8)5-3(9)4(10)6(12)7(13)11-5/h2-10,12-13H,1H3/t2?,3-,4+,5-,6-,7?/m1/s1. The Morgan fingerprint density at radius 3 is 2.23 bits per heavy atom. The van der Waals surface area contributed by atoms with Crippen LogP contribution in [0.15, 0.2) is 0 Å². The predicted octanol–water partition coefficient (Wildman–Crippen LogP) is -0.958. The van der Waals surface area contributed by atoms with Gasteiger partial charge in [-0.2, -0.15) is 12.6 Å². The van der Waals surface area contributed by atoms with Gasteiger partial charge in [-0.15, -0.1) is 12.6 Å². The van der Waals surface area contributed by atoms with Crippen LogP contribution in [0.3, 0.4) is 0 Å². The van der Waals surface area contributed by atoms with Crippen molar-refractivity contribution in [2.45, 2.75) is 42.0 Å². The monoisotopic (exact) mass is 226 g/mol. The van der Waals surface area contributed by atoms with Crippen LogP contribution in [-0.4, -0.2) is 50.4 Å². The van der Waals surface area contributed by atoms with Gasteiger partial charge in [0.15, 0.2) is 0 Å². The molecule has 0 aromatic heterocycles. The molecule has 4 nitrogen and oxygen atoms in total. The minimum Gasteiger partial charge on any atom is -0.391 e. The first kappa shape index (κ1) is 11.6. The normalized spacial score (nSPS) is 48.9. The molecule has 1 fully saturated rings. The maximum Gasteiger partial charge on any atom is 0.115 e. The average Bonchev–Trinajstić information content (AvgIpc) is 2.07. The van der Waals surface area contributed by atoms with Gasteiger partial charge < -0.3 is 20.1 Å². The van der Waals surface area contributed by atoms with E-state index in [-0.39, 0.29) is 0 Å². The molecule has 0 aromatic rings. The van der Waals surface area contributed by atoms with E-state index in [1.54, 1.807) is 0 Å². The number of thiol groups is 2. The van der Waals surface area contributed by atoms with Gasteiger partial charge in [-0.1, -0.05) is 0 Å². The number of aliphatic hydroxyl groups is 3. The fourth-order valence-electron chi connectivity index (χ4n) is 1.29. The second kappa shape index (κ2) is 4.37. The molecule has 13 heavy (non-hydrogen) atoms. The largest absolute Gasteiger partial charge is 0.391 e. The number of rotatable bonds is 1. The van der Waals surface area contributed by atoms with Crippen molar-refractivity contribution in [2.75, 3.05) is 0 Å². The highest BCUT2D eigenvalue weighted by Gasteiger charge is 2.43. The van der Waals surface area contributed by atoms with E-state index < -0.39 is 35.1 Å². The number of hydrogen-bond donors (Lipinski definition) is 5. The Hall–Kier alpha value is 0.540. The number of hydrogen-bond acceptors (Lipinski definition) is 6. The summed E-state index contributed by atoms with van der Waals surface area (Å²) in [6.07, 6.45) is -3.80. The molecular formula is C7H14O4S2. The van der Waals surface area contributed by atoms with Crippen LogP contribution in [0.2, 0.25) is 0 Å². The van der Waals surface area contributed by atoms with Crippen LogP contribution < -0.4 is 0 Å². The molecule has 78 valence electrons. The molecule has 0 amide bonds. The molecule has 2 unspecified atom stereocenters. The van der Waals surface area contributed by atoms with Gasteiger partial charge in [0.1, 0.15) is 17.6 Å². The molecule has 1 aliphatic rings. The van der Waals surface area contributed by atoms with Crippen molar-refractivity contribution in [1.29, 1.82) is 0 Å². The van der Waals surface area contributed by atoms with Gasteiger partial charge in [-0.3, -0.25) is 0 Å². The first-order chi connectivity index (χ1) is 5.95. The second-order valence-corrected chi connectivity index (χ2v) is 4.31. The Balaban J connectivity index is 2.70. The fourth-order valence-corrected chi connectivity index (χ4v) is 1.85. The van der Waals surface area contributed by atoms with E-state index in [9.17, 15) is 15.3 Å². The molecule has 1 saturated heterocycles. The molecule has 1 heterocycles. The summed E-state index contributed by atoms with van der Waals surface area (Å²) >= 11 is 8.06. The molecule has 0 saturated carbocycles. The quantitative estimate of drug-likeness (QED) is 0.374. The molecule has 6 atom stereocenters. The van der Waals surface area contributed by atoms with E-state index in [1.165, 1.54) is 6.92 Å². The zero-order valence-electron chi connectivity index (χ0n) is 7.11. The van der Waals surface area contributed by atoms with E-state index in [1.807, 2.05) is 0 Å². The topological polar surface area (TPSA) is 69.9 Å². The van der Waals surface area contributed by atoms with Crippen molar-refractivity contribution in [2.24, 2.45) is 0 Å². The molecule has 0 spiro atoms. The van der Waals surface area contributed by atoms with Gasteiger partial charge in [0.2, 0.25) is 0 Å². The van der Waals surface area contributed by atoms with Crippen molar-refractivity contribution in [3.8, 4) is 0 Å². The van der Waals surface area contributed by atoms with Crippen LogP contribution in [-0.2, 0) is 4.74 Å². The zero-order valence-corrected chi connectivity index (χ0v) is 8.90. The minimum absolute atomic E-state index is 0.548. The lowest BCUT2D eigenvalue weighted by atomic mass is 9.98. The number of ether oxygens (including phenoxy) is 1.